The lowest BCUT2D eigenvalue weighted by Crippen LogP contribution is -1.96. The Morgan fingerprint density at radius 1 is 1.33 bits per heavy atom. The largest absolute Gasteiger partial charge is 0.286 e. The van der Waals surface area contributed by atoms with E-state index < -0.39 is 0 Å². The second-order valence-corrected chi connectivity index (χ2v) is 3.36. The summed E-state index contributed by atoms with van der Waals surface area (Å²) in [4.78, 5) is 4.18. The second-order valence-electron chi connectivity index (χ2n) is 2.48. The summed E-state index contributed by atoms with van der Waals surface area (Å²) in [6, 6.07) is 10.4. The van der Waals surface area contributed by atoms with Gasteiger partial charge in [-0.3, -0.25) is 4.99 Å². The first kappa shape index (κ1) is 9.33. The highest BCUT2D eigenvalue weighted by molar-refractivity contribution is 8.13. The van der Waals surface area contributed by atoms with E-state index >= 15 is 0 Å². The molecule has 12 heavy (non-hydrogen) atoms. The normalized spacial score (nSPS) is 11.7. The molecule has 64 valence electrons. The van der Waals surface area contributed by atoms with E-state index in [-0.39, 0.29) is 0 Å². The van der Waals surface area contributed by atoms with Crippen LogP contribution >= 0.6 is 11.8 Å². The zero-order valence-electron chi connectivity index (χ0n) is 7.45. The third kappa shape index (κ3) is 2.70. The molecule has 0 amide bonds. The molecule has 0 aliphatic rings. The molecule has 0 saturated heterocycles. The van der Waals surface area contributed by atoms with Gasteiger partial charge in [-0.25, -0.2) is 0 Å². The molecule has 0 radical (unpaired) electrons. The lowest BCUT2D eigenvalue weighted by Gasteiger charge is -2.01. The van der Waals surface area contributed by atoms with Crippen LogP contribution in [0.4, 0.5) is 0 Å². The fourth-order valence-corrected chi connectivity index (χ4v) is 1.51. The zero-order valence-corrected chi connectivity index (χ0v) is 8.27. The van der Waals surface area contributed by atoms with Gasteiger partial charge < -0.3 is 0 Å². The maximum atomic E-state index is 4.18. The van der Waals surface area contributed by atoms with E-state index in [0.717, 1.165) is 6.42 Å². The van der Waals surface area contributed by atoms with Gasteiger partial charge >= 0.3 is 0 Å². The Labute approximate surface area is 77.9 Å². The molecule has 0 saturated carbocycles. The summed E-state index contributed by atoms with van der Waals surface area (Å²) in [6.45, 7) is 0. The minimum atomic E-state index is 0.957. The van der Waals surface area contributed by atoms with Crippen molar-refractivity contribution in [2.24, 2.45) is 4.99 Å². The van der Waals surface area contributed by atoms with Crippen LogP contribution in [-0.4, -0.2) is 18.3 Å². The fourth-order valence-electron chi connectivity index (χ4n) is 1.01. The predicted octanol–water partition coefficient (Wildman–Crippen LogP) is 2.62. The summed E-state index contributed by atoms with van der Waals surface area (Å²) in [5, 5.41) is 1.18. The standard InChI is InChI=1S/C10H13NS/c1-11-10(12-2)8-9-6-4-3-5-7-9/h3-7H,8H2,1-2H3. The van der Waals surface area contributed by atoms with Crippen molar-refractivity contribution in [3.63, 3.8) is 0 Å². The Hall–Kier alpha value is -0.760. The van der Waals surface area contributed by atoms with Crippen LogP contribution in [0.25, 0.3) is 0 Å². The SMILES string of the molecule is CN=C(Cc1ccccc1)SC. The van der Waals surface area contributed by atoms with E-state index in [1.54, 1.807) is 11.8 Å². The third-order valence-electron chi connectivity index (χ3n) is 1.68. The molecular weight excluding hydrogens is 166 g/mol. The minimum absolute atomic E-state index is 0.957. The fraction of sp³-hybridized carbons (Fsp3) is 0.300. The van der Waals surface area contributed by atoms with Crippen molar-refractivity contribution in [1.29, 1.82) is 0 Å². The molecule has 0 fully saturated rings. The van der Waals surface area contributed by atoms with E-state index in [0.29, 0.717) is 0 Å². The number of nitrogens with zero attached hydrogens (tertiary/aromatic N) is 1. The molecule has 1 aromatic carbocycles. The predicted molar refractivity (Wildman–Crippen MR) is 57.0 cm³/mol. The van der Waals surface area contributed by atoms with Gasteiger partial charge in [-0.1, -0.05) is 30.3 Å². The highest BCUT2D eigenvalue weighted by Gasteiger charge is 1.96. The Morgan fingerprint density at radius 3 is 2.50 bits per heavy atom. The molecule has 1 aromatic rings. The van der Waals surface area contributed by atoms with Crippen LogP contribution in [0, 0.1) is 0 Å². The molecule has 1 rings (SSSR count). The Kier molecular flexibility index (Phi) is 3.88. The molecule has 0 aliphatic heterocycles. The molecule has 0 heterocycles. The first-order valence-electron chi connectivity index (χ1n) is 3.90. The zero-order chi connectivity index (χ0) is 8.81. The van der Waals surface area contributed by atoms with Crippen LogP contribution in [0.15, 0.2) is 35.3 Å². The van der Waals surface area contributed by atoms with E-state index in [2.05, 4.69) is 35.5 Å². The van der Waals surface area contributed by atoms with Crippen LogP contribution in [0.1, 0.15) is 5.56 Å². The summed E-state index contributed by atoms with van der Waals surface area (Å²) in [5.41, 5.74) is 1.33. The van der Waals surface area contributed by atoms with E-state index in [1.165, 1.54) is 10.6 Å². The van der Waals surface area contributed by atoms with E-state index in [1.807, 2.05) is 13.1 Å². The average Bonchev–Trinajstić information content (AvgIpc) is 2.16. The van der Waals surface area contributed by atoms with Crippen molar-refractivity contribution in [2.75, 3.05) is 13.3 Å². The van der Waals surface area contributed by atoms with Gasteiger partial charge in [-0.2, -0.15) is 0 Å². The van der Waals surface area contributed by atoms with Gasteiger partial charge in [0, 0.05) is 13.5 Å². The molecular formula is C10H13NS. The summed E-state index contributed by atoms with van der Waals surface area (Å²) in [7, 11) is 1.84. The number of hydrogen-bond acceptors (Lipinski definition) is 2. The Morgan fingerprint density at radius 2 is 2.00 bits per heavy atom. The highest BCUT2D eigenvalue weighted by Crippen LogP contribution is 2.07. The van der Waals surface area contributed by atoms with Crippen molar-refractivity contribution in [3.8, 4) is 0 Å². The quantitative estimate of drug-likeness (QED) is 0.502. The van der Waals surface area contributed by atoms with Crippen LogP contribution in [0.5, 0.6) is 0 Å². The van der Waals surface area contributed by atoms with Crippen molar-refractivity contribution in [2.45, 2.75) is 6.42 Å². The van der Waals surface area contributed by atoms with Gasteiger partial charge in [0.2, 0.25) is 0 Å². The highest BCUT2D eigenvalue weighted by atomic mass is 32.2. The first-order chi connectivity index (χ1) is 5.86. The first-order valence-corrected chi connectivity index (χ1v) is 5.13. The van der Waals surface area contributed by atoms with Gasteiger partial charge in [0.05, 0.1) is 5.04 Å². The van der Waals surface area contributed by atoms with Gasteiger partial charge in [-0.05, 0) is 11.8 Å². The maximum absolute atomic E-state index is 4.18. The second kappa shape index (κ2) is 4.99. The van der Waals surface area contributed by atoms with Crippen LogP contribution < -0.4 is 0 Å². The molecule has 0 N–H and O–H groups in total. The van der Waals surface area contributed by atoms with Gasteiger partial charge in [0.15, 0.2) is 0 Å². The Bertz CT molecular complexity index is 254. The third-order valence-corrected chi connectivity index (χ3v) is 2.48. The van der Waals surface area contributed by atoms with Crippen LogP contribution in [0.2, 0.25) is 0 Å². The number of hydrogen-bond donors (Lipinski definition) is 0. The molecule has 1 nitrogen and oxygen atoms in total. The number of benzene rings is 1. The monoisotopic (exact) mass is 179 g/mol. The molecule has 0 unspecified atom stereocenters. The lowest BCUT2D eigenvalue weighted by atomic mass is 10.2. The van der Waals surface area contributed by atoms with Gasteiger partial charge in [-0.15, -0.1) is 11.8 Å². The minimum Gasteiger partial charge on any atom is -0.286 e. The molecule has 0 aliphatic carbocycles. The molecule has 0 spiro atoms. The van der Waals surface area contributed by atoms with Crippen LogP contribution in [-0.2, 0) is 6.42 Å². The van der Waals surface area contributed by atoms with Gasteiger partial charge in [0.25, 0.3) is 0 Å². The van der Waals surface area contributed by atoms with E-state index in [4.69, 9.17) is 0 Å². The molecule has 0 aromatic heterocycles. The van der Waals surface area contributed by atoms with Crippen molar-refractivity contribution in [3.05, 3.63) is 35.9 Å². The summed E-state index contributed by atoms with van der Waals surface area (Å²) < 4.78 is 0. The maximum Gasteiger partial charge on any atom is 0.0713 e. The van der Waals surface area contributed by atoms with Crippen molar-refractivity contribution in [1.82, 2.24) is 0 Å². The number of rotatable bonds is 2. The Balaban J connectivity index is 2.64. The number of aliphatic imine (C=N–C) groups is 1. The smallest absolute Gasteiger partial charge is 0.0713 e. The van der Waals surface area contributed by atoms with Gasteiger partial charge in [0.1, 0.15) is 0 Å². The van der Waals surface area contributed by atoms with E-state index in [9.17, 15) is 0 Å². The van der Waals surface area contributed by atoms with Crippen molar-refractivity contribution < 1.29 is 0 Å². The number of thioether (sulfide) groups is 1. The summed E-state index contributed by atoms with van der Waals surface area (Å²) in [5.74, 6) is 0. The topological polar surface area (TPSA) is 12.4 Å². The summed E-state index contributed by atoms with van der Waals surface area (Å²) in [6.07, 6.45) is 3.02. The average molecular weight is 179 g/mol. The van der Waals surface area contributed by atoms with Crippen LogP contribution in [0.3, 0.4) is 0 Å². The molecule has 0 atom stereocenters. The molecule has 0 bridgehead atoms. The lowest BCUT2D eigenvalue weighted by molar-refractivity contribution is 1.31. The summed E-state index contributed by atoms with van der Waals surface area (Å²) >= 11 is 1.71. The van der Waals surface area contributed by atoms with Crippen molar-refractivity contribution >= 4 is 16.8 Å². The molecule has 2 heteroatoms.